The number of benzene rings is 3. The average molecular weight is 467 g/mol. The molecule has 3 N–H and O–H groups in total. The number of amides is 1. The molecular weight excluding hydrogens is 443 g/mol. The Labute approximate surface area is 195 Å². The number of rotatable bonds is 7. The Morgan fingerprint density at radius 3 is 2.47 bits per heavy atom. The Hall–Kier alpha value is -4.07. The molecule has 1 amide bonds. The van der Waals surface area contributed by atoms with Gasteiger partial charge >= 0.3 is 6.18 Å². The molecule has 3 rings (SSSR count). The number of ether oxygens (including phenoxy) is 1. The van der Waals surface area contributed by atoms with E-state index in [1.807, 2.05) is 6.07 Å². The maximum atomic E-state index is 12.8. The van der Waals surface area contributed by atoms with E-state index in [0.717, 1.165) is 17.5 Å². The predicted octanol–water partition coefficient (Wildman–Crippen LogP) is 6.22. The molecule has 176 valence electrons. The van der Waals surface area contributed by atoms with Crippen LogP contribution >= 0.6 is 0 Å². The lowest BCUT2D eigenvalue weighted by Crippen LogP contribution is -2.33. The highest BCUT2D eigenvalue weighted by Gasteiger charge is 2.30. The maximum absolute atomic E-state index is 12.8. The lowest BCUT2D eigenvalue weighted by Gasteiger charge is -2.15. The van der Waals surface area contributed by atoms with Crippen LogP contribution in [0.4, 0.5) is 13.2 Å². The van der Waals surface area contributed by atoms with Gasteiger partial charge in [-0.3, -0.25) is 9.79 Å². The zero-order valence-electron chi connectivity index (χ0n) is 18.7. The highest BCUT2D eigenvalue weighted by Crippen LogP contribution is 2.33. The summed E-state index contributed by atoms with van der Waals surface area (Å²) in [5.74, 6) is 0.422. The first kappa shape index (κ1) is 24.6. The van der Waals surface area contributed by atoms with E-state index in [4.69, 9.17) is 10.5 Å². The Balaban J connectivity index is 1.81. The van der Waals surface area contributed by atoms with Crippen LogP contribution in [0.2, 0.25) is 0 Å². The summed E-state index contributed by atoms with van der Waals surface area (Å²) in [4.78, 5) is 16.7. The Morgan fingerprint density at radius 2 is 1.85 bits per heavy atom. The molecule has 0 saturated heterocycles. The number of nitrogens with two attached hydrogens (primary N) is 1. The normalized spacial score (nSPS) is 13.4. The molecule has 0 heterocycles. The molecule has 0 aromatic heterocycles. The molecule has 5 nitrogen and oxygen atoms in total. The molecule has 0 spiro atoms. The van der Waals surface area contributed by atoms with Crippen molar-refractivity contribution >= 4 is 23.4 Å². The summed E-state index contributed by atoms with van der Waals surface area (Å²) in [5, 5.41) is 4.31. The molecule has 0 unspecified atom stereocenters. The summed E-state index contributed by atoms with van der Waals surface area (Å²) in [5.41, 5.74) is 6.52. The Morgan fingerprint density at radius 1 is 1.15 bits per heavy atom. The summed E-state index contributed by atoms with van der Waals surface area (Å²) < 4.78 is 44.1. The molecule has 0 aliphatic carbocycles. The van der Waals surface area contributed by atoms with Gasteiger partial charge in [0.05, 0.1) is 17.3 Å². The van der Waals surface area contributed by atoms with Crippen LogP contribution in [-0.4, -0.2) is 18.7 Å². The molecule has 0 saturated carbocycles. The van der Waals surface area contributed by atoms with E-state index in [-0.39, 0.29) is 11.7 Å². The van der Waals surface area contributed by atoms with Gasteiger partial charge in [-0.05, 0) is 80.6 Å². The minimum Gasteiger partial charge on any atom is -0.457 e. The van der Waals surface area contributed by atoms with E-state index in [1.54, 1.807) is 56.3 Å². The Kier molecular flexibility index (Phi) is 7.40. The minimum atomic E-state index is -4.41. The standard InChI is InChI=1S/C26H24F3N3O2/c1-4-20(30)15-23(31-3)16(2)32-25(33)18-8-13-22-17(14-18)6-5-7-24(22)34-21-11-9-19(10-12-21)26(27,28)29/h4-16H,3,30H2,1-2H3,(H,32,33)/b20-4+,23-15-/t16-/m1/s1. The van der Waals surface area contributed by atoms with Crippen molar-refractivity contribution in [2.75, 3.05) is 0 Å². The van der Waals surface area contributed by atoms with Crippen LogP contribution in [0.3, 0.4) is 0 Å². The summed E-state index contributed by atoms with van der Waals surface area (Å²) in [6, 6.07) is 14.4. The number of fused-ring (bicyclic) bond motifs is 1. The first-order valence-corrected chi connectivity index (χ1v) is 10.4. The quantitative estimate of drug-likeness (QED) is 0.320. The number of carbonyl (C=O) groups excluding carboxylic acids is 1. The third-order valence-electron chi connectivity index (χ3n) is 5.13. The number of halogens is 3. The van der Waals surface area contributed by atoms with Gasteiger partial charge in [-0.2, -0.15) is 13.2 Å². The van der Waals surface area contributed by atoms with E-state index in [2.05, 4.69) is 17.0 Å². The largest absolute Gasteiger partial charge is 0.457 e. The first-order chi connectivity index (χ1) is 16.1. The average Bonchev–Trinajstić information content (AvgIpc) is 2.81. The molecule has 0 radical (unpaired) electrons. The number of hydrogen-bond acceptors (Lipinski definition) is 4. The fourth-order valence-corrected chi connectivity index (χ4v) is 3.24. The van der Waals surface area contributed by atoms with Gasteiger partial charge in [-0.25, -0.2) is 0 Å². The molecule has 3 aromatic carbocycles. The molecule has 0 aliphatic rings. The van der Waals surface area contributed by atoms with Crippen molar-refractivity contribution in [3.8, 4) is 11.5 Å². The van der Waals surface area contributed by atoms with E-state index in [0.29, 0.717) is 28.1 Å². The van der Waals surface area contributed by atoms with E-state index < -0.39 is 17.8 Å². The first-order valence-electron chi connectivity index (χ1n) is 10.4. The molecule has 34 heavy (non-hydrogen) atoms. The monoisotopic (exact) mass is 467 g/mol. The van der Waals surface area contributed by atoms with Gasteiger partial charge in [-0.15, -0.1) is 0 Å². The molecule has 3 aromatic rings. The van der Waals surface area contributed by atoms with Crippen LogP contribution in [0.5, 0.6) is 11.5 Å². The second kappa shape index (κ2) is 10.2. The Bertz CT molecular complexity index is 1260. The lowest BCUT2D eigenvalue weighted by molar-refractivity contribution is -0.137. The number of hydrogen-bond donors (Lipinski definition) is 2. The SMILES string of the molecule is C=N/C(=C\C(N)=C/C)[C@@H](C)NC(=O)c1ccc2c(Oc3ccc(C(F)(F)F)cc3)cccc2c1. The van der Waals surface area contributed by atoms with Crippen LogP contribution in [0, 0.1) is 0 Å². The summed E-state index contributed by atoms with van der Waals surface area (Å²) >= 11 is 0. The zero-order valence-corrected chi connectivity index (χ0v) is 18.7. The summed E-state index contributed by atoms with van der Waals surface area (Å²) in [6.45, 7) is 7.10. The summed E-state index contributed by atoms with van der Waals surface area (Å²) in [7, 11) is 0. The highest BCUT2D eigenvalue weighted by molar-refractivity contribution is 6.00. The maximum Gasteiger partial charge on any atom is 0.416 e. The van der Waals surface area contributed by atoms with E-state index in [9.17, 15) is 18.0 Å². The molecule has 0 fully saturated rings. The van der Waals surface area contributed by atoms with Crippen LogP contribution in [-0.2, 0) is 6.18 Å². The number of alkyl halides is 3. The number of nitrogens with one attached hydrogen (secondary N) is 1. The van der Waals surface area contributed by atoms with Crippen LogP contribution in [0.25, 0.3) is 10.8 Å². The second-order valence-corrected chi connectivity index (χ2v) is 7.53. The lowest BCUT2D eigenvalue weighted by atomic mass is 10.1. The summed E-state index contributed by atoms with van der Waals surface area (Å²) in [6.07, 6.45) is -1.05. The van der Waals surface area contributed by atoms with Crippen molar-refractivity contribution in [2.24, 2.45) is 10.7 Å². The fourth-order valence-electron chi connectivity index (χ4n) is 3.24. The van der Waals surface area contributed by atoms with Crippen molar-refractivity contribution in [1.82, 2.24) is 5.32 Å². The van der Waals surface area contributed by atoms with Crippen molar-refractivity contribution < 1.29 is 22.7 Å². The number of aliphatic imine (C=N–C) groups is 1. The predicted molar refractivity (Wildman–Crippen MR) is 128 cm³/mol. The van der Waals surface area contributed by atoms with Crippen LogP contribution in [0.1, 0.15) is 29.8 Å². The van der Waals surface area contributed by atoms with Gasteiger partial charge in [0.1, 0.15) is 11.5 Å². The molecule has 1 atom stereocenters. The van der Waals surface area contributed by atoms with Crippen molar-refractivity contribution in [3.05, 3.63) is 95.3 Å². The van der Waals surface area contributed by atoms with E-state index >= 15 is 0 Å². The smallest absolute Gasteiger partial charge is 0.416 e. The topological polar surface area (TPSA) is 76.7 Å². The van der Waals surface area contributed by atoms with Gasteiger partial charge in [0.15, 0.2) is 0 Å². The third-order valence-corrected chi connectivity index (χ3v) is 5.13. The van der Waals surface area contributed by atoms with E-state index in [1.165, 1.54) is 12.1 Å². The van der Waals surface area contributed by atoms with Gasteiger partial charge < -0.3 is 15.8 Å². The minimum absolute atomic E-state index is 0.271. The van der Waals surface area contributed by atoms with Crippen LogP contribution in [0.15, 0.2) is 89.2 Å². The number of nitrogens with zero attached hydrogens (tertiary/aromatic N) is 1. The molecule has 0 aliphatic heterocycles. The third kappa shape index (κ3) is 5.83. The number of allylic oxidation sites excluding steroid dienone is 2. The fraction of sp³-hybridized carbons (Fsp3) is 0.154. The van der Waals surface area contributed by atoms with Gasteiger partial charge in [0, 0.05) is 16.6 Å². The van der Waals surface area contributed by atoms with Crippen molar-refractivity contribution in [1.29, 1.82) is 0 Å². The second-order valence-electron chi connectivity index (χ2n) is 7.53. The molecule has 8 heteroatoms. The number of carbonyl (C=O) groups is 1. The molecule has 0 bridgehead atoms. The van der Waals surface area contributed by atoms with Crippen molar-refractivity contribution in [2.45, 2.75) is 26.1 Å². The molecular formula is C26H24F3N3O2. The van der Waals surface area contributed by atoms with Crippen LogP contribution < -0.4 is 15.8 Å². The van der Waals surface area contributed by atoms with Gasteiger partial charge in [-0.1, -0.05) is 18.2 Å². The van der Waals surface area contributed by atoms with Gasteiger partial charge in [0.2, 0.25) is 0 Å². The highest BCUT2D eigenvalue weighted by atomic mass is 19.4. The van der Waals surface area contributed by atoms with Crippen molar-refractivity contribution in [3.63, 3.8) is 0 Å². The zero-order chi connectivity index (χ0) is 24.9. The van der Waals surface area contributed by atoms with Gasteiger partial charge in [0.25, 0.3) is 5.91 Å².